The summed E-state index contributed by atoms with van der Waals surface area (Å²) in [6.07, 6.45) is -3.37. The topological polar surface area (TPSA) is 39.7 Å². The molecule has 1 saturated heterocycles. The van der Waals surface area contributed by atoms with E-state index in [0.717, 1.165) is 35.2 Å². The Kier molecular flexibility index (Phi) is 11.9. The van der Waals surface area contributed by atoms with Crippen molar-refractivity contribution in [2.75, 3.05) is 45.0 Å². The molecule has 0 amide bonds. The van der Waals surface area contributed by atoms with Crippen LogP contribution in [-0.4, -0.2) is 62.1 Å². The summed E-state index contributed by atoms with van der Waals surface area (Å²) in [7, 11) is 0. The van der Waals surface area contributed by atoms with E-state index in [1.54, 1.807) is 11.8 Å². The molecule has 0 aliphatic carbocycles. The molecule has 28 heavy (non-hydrogen) atoms. The monoisotopic (exact) mass is 550 g/mol. The predicted molar refractivity (Wildman–Crippen MR) is 122 cm³/mol. The summed E-state index contributed by atoms with van der Waals surface area (Å²) in [5.41, 5.74) is 0. The quantitative estimate of drug-likeness (QED) is 0.165. The number of likely N-dealkylation sites (tertiary alicyclic amines) is 1. The maximum absolute atomic E-state index is 12.5. The molecule has 0 bridgehead atoms. The van der Waals surface area contributed by atoms with Crippen LogP contribution in [0, 0.1) is 5.92 Å². The van der Waals surface area contributed by atoms with E-state index in [1.807, 2.05) is 31.2 Å². The number of thioether (sulfide) groups is 1. The highest BCUT2D eigenvalue weighted by molar-refractivity contribution is 14.0. The van der Waals surface area contributed by atoms with Crippen LogP contribution in [0.25, 0.3) is 0 Å². The van der Waals surface area contributed by atoms with E-state index >= 15 is 0 Å². The molecule has 1 aliphatic heterocycles. The van der Waals surface area contributed by atoms with Crippen LogP contribution >= 0.6 is 47.3 Å². The van der Waals surface area contributed by atoms with Gasteiger partial charge in [0.15, 0.2) is 5.96 Å². The van der Waals surface area contributed by atoms with Crippen molar-refractivity contribution in [1.29, 1.82) is 0 Å². The van der Waals surface area contributed by atoms with Crippen LogP contribution in [0.5, 0.6) is 0 Å². The third-order valence-corrected chi connectivity index (χ3v) is 5.37. The van der Waals surface area contributed by atoms with Gasteiger partial charge >= 0.3 is 6.18 Å². The summed E-state index contributed by atoms with van der Waals surface area (Å²) >= 11 is 7.60. The number of benzene rings is 1. The summed E-state index contributed by atoms with van der Waals surface area (Å²) in [5, 5.41) is 7.18. The second kappa shape index (κ2) is 13.0. The molecule has 1 aromatic rings. The summed E-state index contributed by atoms with van der Waals surface area (Å²) in [6.45, 7) is 4.11. The van der Waals surface area contributed by atoms with Gasteiger partial charge in [-0.15, -0.1) is 35.7 Å². The van der Waals surface area contributed by atoms with Gasteiger partial charge in [0.25, 0.3) is 0 Å². The van der Waals surface area contributed by atoms with Crippen LogP contribution < -0.4 is 10.6 Å². The lowest BCUT2D eigenvalue weighted by Crippen LogP contribution is -2.39. The van der Waals surface area contributed by atoms with Crippen LogP contribution in [0.1, 0.15) is 13.3 Å². The Labute approximate surface area is 191 Å². The zero-order valence-electron chi connectivity index (χ0n) is 15.8. The van der Waals surface area contributed by atoms with Crippen molar-refractivity contribution >= 4 is 53.3 Å². The fourth-order valence-electron chi connectivity index (χ4n) is 2.89. The largest absolute Gasteiger partial charge is 0.401 e. The van der Waals surface area contributed by atoms with Gasteiger partial charge in [-0.3, -0.25) is 9.89 Å². The predicted octanol–water partition coefficient (Wildman–Crippen LogP) is 4.49. The standard InChI is InChI=1S/C18H26ClF3N4S.HI/c1-2-23-17(24-8-10-27-16-5-3-15(19)4-6-16)25-11-14-7-9-26(12-14)13-18(20,21)22;/h3-6,14H,2,7-13H2,1H3,(H2,23,24,25);1H. The number of halogens is 5. The molecule has 0 spiro atoms. The van der Waals surface area contributed by atoms with Gasteiger partial charge in [-0.25, -0.2) is 0 Å². The van der Waals surface area contributed by atoms with E-state index in [-0.39, 0.29) is 29.9 Å². The molecule has 1 atom stereocenters. The molecular weight excluding hydrogens is 524 g/mol. The molecule has 2 rings (SSSR count). The fraction of sp³-hybridized carbons (Fsp3) is 0.611. The first-order valence-corrected chi connectivity index (χ1v) is 10.4. The Hall–Kier alpha value is -0.390. The normalized spacial score (nSPS) is 18.0. The maximum atomic E-state index is 12.5. The zero-order valence-corrected chi connectivity index (χ0v) is 19.7. The minimum absolute atomic E-state index is 0. The van der Waals surface area contributed by atoms with Crippen molar-refractivity contribution in [3.05, 3.63) is 29.3 Å². The van der Waals surface area contributed by atoms with Crippen LogP contribution in [0.3, 0.4) is 0 Å². The second-order valence-electron chi connectivity index (χ2n) is 6.45. The zero-order chi connectivity index (χ0) is 19.7. The molecule has 0 radical (unpaired) electrons. The highest BCUT2D eigenvalue weighted by Gasteiger charge is 2.34. The number of rotatable bonds is 8. The van der Waals surface area contributed by atoms with E-state index in [2.05, 4.69) is 15.6 Å². The van der Waals surface area contributed by atoms with Crippen molar-refractivity contribution in [2.45, 2.75) is 24.4 Å². The second-order valence-corrected chi connectivity index (χ2v) is 8.06. The SMILES string of the molecule is CCNC(=NCC1CCN(CC(F)(F)F)C1)NCCSc1ccc(Cl)cc1.I. The molecule has 10 heteroatoms. The first-order chi connectivity index (χ1) is 12.9. The van der Waals surface area contributed by atoms with Gasteiger partial charge in [0.05, 0.1) is 6.54 Å². The average molecular weight is 551 g/mol. The van der Waals surface area contributed by atoms with Gasteiger partial charge < -0.3 is 10.6 Å². The third-order valence-electron chi connectivity index (χ3n) is 4.10. The van der Waals surface area contributed by atoms with Crippen LogP contribution in [0.2, 0.25) is 5.02 Å². The highest BCUT2D eigenvalue weighted by Crippen LogP contribution is 2.23. The first kappa shape index (κ1) is 25.6. The molecular formula is C18H27ClF3IN4S. The molecule has 0 aromatic heterocycles. The number of guanidine groups is 1. The van der Waals surface area contributed by atoms with E-state index < -0.39 is 12.7 Å². The summed E-state index contributed by atoms with van der Waals surface area (Å²) in [6, 6.07) is 7.71. The molecule has 1 unspecified atom stereocenters. The van der Waals surface area contributed by atoms with Gasteiger partial charge in [-0.2, -0.15) is 13.2 Å². The minimum Gasteiger partial charge on any atom is -0.357 e. The lowest BCUT2D eigenvalue weighted by atomic mass is 10.1. The van der Waals surface area contributed by atoms with Crippen molar-refractivity contribution in [3.8, 4) is 0 Å². The molecule has 1 heterocycles. The van der Waals surface area contributed by atoms with Gasteiger partial charge in [0.2, 0.25) is 0 Å². The Bertz CT molecular complexity index is 601. The number of nitrogens with one attached hydrogen (secondary N) is 2. The van der Waals surface area contributed by atoms with Crippen molar-refractivity contribution in [1.82, 2.24) is 15.5 Å². The van der Waals surface area contributed by atoms with Gasteiger partial charge in [-0.05, 0) is 50.1 Å². The van der Waals surface area contributed by atoms with Gasteiger partial charge in [0, 0.05) is 41.8 Å². The molecule has 4 nitrogen and oxygen atoms in total. The molecule has 2 N–H and O–H groups in total. The van der Waals surface area contributed by atoms with Crippen molar-refractivity contribution in [3.63, 3.8) is 0 Å². The lowest BCUT2D eigenvalue weighted by Gasteiger charge is -2.17. The van der Waals surface area contributed by atoms with E-state index in [4.69, 9.17) is 11.6 Å². The molecule has 160 valence electrons. The number of hydrogen-bond acceptors (Lipinski definition) is 3. The smallest absolute Gasteiger partial charge is 0.357 e. The summed E-state index contributed by atoms with van der Waals surface area (Å²) in [5.74, 6) is 1.75. The van der Waals surface area contributed by atoms with Crippen LogP contribution in [0.15, 0.2) is 34.2 Å². The van der Waals surface area contributed by atoms with Crippen molar-refractivity contribution < 1.29 is 13.2 Å². The van der Waals surface area contributed by atoms with Gasteiger partial charge in [-0.1, -0.05) is 11.6 Å². The van der Waals surface area contributed by atoms with E-state index in [1.165, 1.54) is 4.90 Å². The number of alkyl halides is 3. The minimum atomic E-state index is -4.13. The molecule has 1 aromatic carbocycles. The highest BCUT2D eigenvalue weighted by atomic mass is 127. The van der Waals surface area contributed by atoms with E-state index in [9.17, 15) is 13.2 Å². The molecule has 1 aliphatic rings. The molecule has 0 saturated carbocycles. The van der Waals surface area contributed by atoms with E-state index in [0.29, 0.717) is 25.6 Å². The fourth-order valence-corrected chi connectivity index (χ4v) is 3.78. The summed E-state index contributed by atoms with van der Waals surface area (Å²) in [4.78, 5) is 7.16. The Balaban J connectivity index is 0.00000392. The Morgan fingerprint density at radius 3 is 2.64 bits per heavy atom. The Morgan fingerprint density at radius 1 is 1.29 bits per heavy atom. The first-order valence-electron chi connectivity index (χ1n) is 9.05. The van der Waals surface area contributed by atoms with Crippen molar-refractivity contribution in [2.24, 2.45) is 10.9 Å². The maximum Gasteiger partial charge on any atom is 0.401 e. The number of hydrogen-bond donors (Lipinski definition) is 2. The van der Waals surface area contributed by atoms with Crippen LogP contribution in [0.4, 0.5) is 13.2 Å². The van der Waals surface area contributed by atoms with Gasteiger partial charge in [0.1, 0.15) is 0 Å². The Morgan fingerprint density at radius 2 is 2.00 bits per heavy atom. The van der Waals surface area contributed by atoms with Crippen LogP contribution in [-0.2, 0) is 0 Å². The number of aliphatic imine (C=N–C) groups is 1. The number of nitrogens with zero attached hydrogens (tertiary/aromatic N) is 2. The summed E-state index contributed by atoms with van der Waals surface area (Å²) < 4.78 is 37.4. The molecule has 1 fully saturated rings. The third kappa shape index (κ3) is 10.4. The lowest BCUT2D eigenvalue weighted by molar-refractivity contribution is -0.143. The average Bonchev–Trinajstić information content (AvgIpc) is 3.03.